The molecule has 2 aromatic carbocycles. The molecule has 0 radical (unpaired) electrons. The van der Waals surface area contributed by atoms with Crippen molar-refractivity contribution in [2.75, 3.05) is 5.32 Å². The molecule has 106 valence electrons. The molecule has 0 fully saturated rings. The first-order chi connectivity index (χ1) is 10.1. The summed E-state index contributed by atoms with van der Waals surface area (Å²) in [6, 6.07) is 15.9. The molecule has 0 unspecified atom stereocenters. The number of nitrogens with one attached hydrogen (secondary N) is 1. The quantitative estimate of drug-likeness (QED) is 0.746. The molecule has 0 spiro atoms. The molecule has 0 bridgehead atoms. The van der Waals surface area contributed by atoms with Crippen LogP contribution in [-0.4, -0.2) is 9.55 Å². The molecule has 3 aromatic rings. The molecule has 3 nitrogen and oxygen atoms in total. The molecular formula is C17H16ClN3. The highest BCUT2D eigenvalue weighted by Crippen LogP contribution is 2.26. The minimum atomic E-state index is 0.703. The summed E-state index contributed by atoms with van der Waals surface area (Å²) in [6.07, 6.45) is 1.98. The van der Waals surface area contributed by atoms with E-state index in [0.717, 1.165) is 28.6 Å². The summed E-state index contributed by atoms with van der Waals surface area (Å²) >= 11 is 6.34. The summed E-state index contributed by atoms with van der Waals surface area (Å²) in [5, 5.41) is 4.03. The zero-order chi connectivity index (χ0) is 14.8. The van der Waals surface area contributed by atoms with E-state index in [0.29, 0.717) is 5.02 Å². The fourth-order valence-electron chi connectivity index (χ4n) is 2.23. The summed E-state index contributed by atoms with van der Waals surface area (Å²) in [5.41, 5.74) is 4.02. The normalized spacial score (nSPS) is 10.6. The van der Waals surface area contributed by atoms with Crippen LogP contribution in [0.4, 0.5) is 11.6 Å². The summed E-state index contributed by atoms with van der Waals surface area (Å²) in [5.74, 6) is 0.756. The number of benzene rings is 2. The van der Waals surface area contributed by atoms with Crippen molar-refractivity contribution in [3.8, 4) is 5.69 Å². The highest BCUT2D eigenvalue weighted by atomic mass is 35.5. The zero-order valence-corrected chi connectivity index (χ0v) is 12.7. The van der Waals surface area contributed by atoms with Gasteiger partial charge in [0.25, 0.3) is 0 Å². The molecule has 1 heterocycles. The van der Waals surface area contributed by atoms with E-state index in [1.807, 2.05) is 67.1 Å². The number of hydrogen-bond acceptors (Lipinski definition) is 2. The third-order valence-corrected chi connectivity index (χ3v) is 3.54. The molecular weight excluding hydrogens is 282 g/mol. The van der Waals surface area contributed by atoms with E-state index in [1.54, 1.807) is 0 Å². The van der Waals surface area contributed by atoms with Crippen molar-refractivity contribution in [3.05, 3.63) is 71.0 Å². The van der Waals surface area contributed by atoms with Crippen LogP contribution in [0.1, 0.15) is 11.3 Å². The largest absolute Gasteiger partial charge is 0.325 e. The van der Waals surface area contributed by atoms with Crippen LogP contribution in [0.2, 0.25) is 5.02 Å². The fraction of sp³-hybridized carbons (Fsp3) is 0.118. The van der Waals surface area contributed by atoms with Crippen molar-refractivity contribution < 1.29 is 0 Å². The summed E-state index contributed by atoms with van der Waals surface area (Å²) in [7, 11) is 0. The molecule has 0 amide bonds. The molecule has 21 heavy (non-hydrogen) atoms. The molecule has 3 rings (SSSR count). The number of nitrogens with zero attached hydrogens (tertiary/aromatic N) is 2. The lowest BCUT2D eigenvalue weighted by molar-refractivity contribution is 1.06. The number of halogens is 1. The minimum Gasteiger partial charge on any atom is -0.325 e. The molecule has 0 aliphatic rings. The lowest BCUT2D eigenvalue weighted by Gasteiger charge is -2.12. The van der Waals surface area contributed by atoms with Gasteiger partial charge in [0.2, 0.25) is 5.95 Å². The Morgan fingerprint density at radius 2 is 1.81 bits per heavy atom. The van der Waals surface area contributed by atoms with Crippen LogP contribution in [0, 0.1) is 13.8 Å². The van der Waals surface area contributed by atoms with E-state index in [-0.39, 0.29) is 0 Å². The van der Waals surface area contributed by atoms with Crippen molar-refractivity contribution in [3.63, 3.8) is 0 Å². The van der Waals surface area contributed by atoms with Crippen molar-refractivity contribution >= 4 is 23.2 Å². The van der Waals surface area contributed by atoms with E-state index in [4.69, 9.17) is 11.6 Å². The highest BCUT2D eigenvalue weighted by Gasteiger charge is 2.11. The van der Waals surface area contributed by atoms with Gasteiger partial charge in [0.15, 0.2) is 0 Å². The Kier molecular flexibility index (Phi) is 3.67. The molecule has 1 N–H and O–H groups in total. The van der Waals surface area contributed by atoms with Gasteiger partial charge in [-0.15, -0.1) is 0 Å². The standard InChI is InChI=1S/C17H16ClN3/c1-12-8-9-15(18)16(10-12)21-11-13(2)19-17(21)20-14-6-4-3-5-7-14/h3-11H,1-2H3,(H,19,20). The van der Waals surface area contributed by atoms with Crippen LogP contribution < -0.4 is 5.32 Å². The molecule has 4 heteroatoms. The topological polar surface area (TPSA) is 29.9 Å². The monoisotopic (exact) mass is 297 g/mol. The SMILES string of the molecule is Cc1ccc(Cl)c(-n2cc(C)nc2Nc2ccccc2)c1. The summed E-state index contributed by atoms with van der Waals surface area (Å²) in [6.45, 7) is 4.02. The molecule has 1 aromatic heterocycles. The Labute approximate surface area is 129 Å². The van der Waals surface area contributed by atoms with Crippen LogP contribution in [0.3, 0.4) is 0 Å². The maximum Gasteiger partial charge on any atom is 0.212 e. The lowest BCUT2D eigenvalue weighted by Crippen LogP contribution is -2.01. The number of rotatable bonds is 3. The third kappa shape index (κ3) is 2.93. The maximum absolute atomic E-state index is 6.34. The first-order valence-electron chi connectivity index (χ1n) is 6.78. The van der Waals surface area contributed by atoms with E-state index in [1.165, 1.54) is 0 Å². The van der Waals surface area contributed by atoms with Gasteiger partial charge in [0, 0.05) is 11.9 Å². The predicted octanol–water partition coefficient (Wildman–Crippen LogP) is 4.89. The first kappa shape index (κ1) is 13.7. The Morgan fingerprint density at radius 1 is 1.05 bits per heavy atom. The summed E-state index contributed by atoms with van der Waals surface area (Å²) in [4.78, 5) is 4.55. The van der Waals surface area contributed by atoms with Gasteiger partial charge >= 0.3 is 0 Å². The molecule has 0 saturated heterocycles. The number of hydrogen-bond donors (Lipinski definition) is 1. The van der Waals surface area contributed by atoms with E-state index < -0.39 is 0 Å². The number of imidazole rings is 1. The second-order valence-corrected chi connectivity index (χ2v) is 5.43. The van der Waals surface area contributed by atoms with Crippen LogP contribution in [-0.2, 0) is 0 Å². The number of anilines is 2. The average molecular weight is 298 g/mol. The molecule has 0 atom stereocenters. The summed E-state index contributed by atoms with van der Waals surface area (Å²) < 4.78 is 1.98. The van der Waals surface area contributed by atoms with Gasteiger partial charge in [-0.05, 0) is 43.7 Å². The Bertz CT molecular complexity index is 763. The fourth-order valence-corrected chi connectivity index (χ4v) is 2.44. The van der Waals surface area contributed by atoms with Crippen molar-refractivity contribution in [2.24, 2.45) is 0 Å². The number of para-hydroxylation sites is 1. The second-order valence-electron chi connectivity index (χ2n) is 5.02. The maximum atomic E-state index is 6.34. The molecule has 0 saturated carbocycles. The minimum absolute atomic E-state index is 0.703. The average Bonchev–Trinajstić information content (AvgIpc) is 2.83. The van der Waals surface area contributed by atoms with Gasteiger partial charge in [-0.1, -0.05) is 35.9 Å². The van der Waals surface area contributed by atoms with E-state index in [9.17, 15) is 0 Å². The Hall–Kier alpha value is -2.26. The Morgan fingerprint density at radius 3 is 2.57 bits per heavy atom. The highest BCUT2D eigenvalue weighted by molar-refractivity contribution is 6.32. The number of aryl methyl sites for hydroxylation is 2. The number of aromatic nitrogens is 2. The molecule has 0 aliphatic heterocycles. The second kappa shape index (κ2) is 5.62. The van der Waals surface area contributed by atoms with E-state index >= 15 is 0 Å². The van der Waals surface area contributed by atoms with Gasteiger partial charge in [-0.25, -0.2) is 4.98 Å². The van der Waals surface area contributed by atoms with Crippen LogP contribution >= 0.6 is 11.6 Å². The van der Waals surface area contributed by atoms with Gasteiger partial charge < -0.3 is 5.32 Å². The van der Waals surface area contributed by atoms with Crippen molar-refractivity contribution in [1.29, 1.82) is 0 Å². The smallest absolute Gasteiger partial charge is 0.212 e. The van der Waals surface area contributed by atoms with Gasteiger partial charge in [0.1, 0.15) is 0 Å². The van der Waals surface area contributed by atoms with Gasteiger partial charge in [0.05, 0.1) is 16.4 Å². The third-order valence-electron chi connectivity index (χ3n) is 3.22. The van der Waals surface area contributed by atoms with E-state index in [2.05, 4.69) is 16.4 Å². The Balaban J connectivity index is 2.05. The van der Waals surface area contributed by atoms with Crippen LogP contribution in [0.5, 0.6) is 0 Å². The molecule has 0 aliphatic carbocycles. The van der Waals surface area contributed by atoms with Crippen LogP contribution in [0.25, 0.3) is 5.69 Å². The van der Waals surface area contributed by atoms with Crippen molar-refractivity contribution in [1.82, 2.24) is 9.55 Å². The first-order valence-corrected chi connectivity index (χ1v) is 7.16. The van der Waals surface area contributed by atoms with Crippen molar-refractivity contribution in [2.45, 2.75) is 13.8 Å². The lowest BCUT2D eigenvalue weighted by atomic mass is 10.2. The predicted molar refractivity (Wildman–Crippen MR) is 87.8 cm³/mol. The van der Waals surface area contributed by atoms with Crippen LogP contribution in [0.15, 0.2) is 54.7 Å². The van der Waals surface area contributed by atoms with Gasteiger partial charge in [-0.2, -0.15) is 0 Å². The zero-order valence-electron chi connectivity index (χ0n) is 12.0. The van der Waals surface area contributed by atoms with Gasteiger partial charge in [-0.3, -0.25) is 4.57 Å².